The van der Waals surface area contributed by atoms with E-state index < -0.39 is 0 Å². The van der Waals surface area contributed by atoms with E-state index in [4.69, 9.17) is 0 Å². The van der Waals surface area contributed by atoms with Crippen molar-refractivity contribution >= 4 is 0 Å². The highest BCUT2D eigenvalue weighted by molar-refractivity contribution is 4.84. The van der Waals surface area contributed by atoms with Crippen LogP contribution in [-0.2, 0) is 0 Å². The molecule has 0 spiro atoms. The SMILES string of the molecule is CCCCCCCCC([CH]C(CCCCCC)CCCCCC)CCCCC. The molecule has 0 saturated carbocycles. The summed E-state index contributed by atoms with van der Waals surface area (Å²) in [7, 11) is 0. The molecule has 0 aliphatic heterocycles. The van der Waals surface area contributed by atoms with Gasteiger partial charge in [0.2, 0.25) is 0 Å². The molecule has 0 rings (SSSR count). The van der Waals surface area contributed by atoms with Crippen molar-refractivity contribution in [1.29, 1.82) is 0 Å². The molecule has 0 aromatic heterocycles. The lowest BCUT2D eigenvalue weighted by Gasteiger charge is -2.24. The standard InChI is InChI=1S/C28H57/c1-5-9-13-16-17-21-25-27(22-18-12-8-4)26-28(23-19-14-10-6-2)24-20-15-11-7-3/h26-28H,5-25H2,1-4H3. The lowest BCUT2D eigenvalue weighted by Crippen LogP contribution is -2.11. The van der Waals surface area contributed by atoms with Crippen LogP contribution in [0.5, 0.6) is 0 Å². The van der Waals surface area contributed by atoms with E-state index in [2.05, 4.69) is 34.1 Å². The van der Waals surface area contributed by atoms with E-state index >= 15 is 0 Å². The zero-order valence-electron chi connectivity index (χ0n) is 20.6. The van der Waals surface area contributed by atoms with Gasteiger partial charge in [0, 0.05) is 0 Å². The Bertz CT molecular complexity index is 257. The summed E-state index contributed by atoms with van der Waals surface area (Å²) in [6, 6.07) is 0. The Hall–Kier alpha value is 0. The molecule has 0 nitrogen and oxygen atoms in total. The molecule has 0 bridgehead atoms. The number of unbranched alkanes of at least 4 members (excludes halogenated alkanes) is 13. The van der Waals surface area contributed by atoms with E-state index in [9.17, 15) is 0 Å². The van der Waals surface area contributed by atoms with Crippen molar-refractivity contribution in [3.8, 4) is 0 Å². The first kappa shape index (κ1) is 28.0. The van der Waals surface area contributed by atoms with Gasteiger partial charge in [-0.1, -0.05) is 163 Å². The van der Waals surface area contributed by atoms with Gasteiger partial charge in [0.05, 0.1) is 0 Å². The third-order valence-electron chi connectivity index (χ3n) is 6.51. The summed E-state index contributed by atoms with van der Waals surface area (Å²) >= 11 is 0. The van der Waals surface area contributed by atoms with Crippen LogP contribution < -0.4 is 0 Å². The second-order valence-corrected chi connectivity index (χ2v) is 9.46. The summed E-state index contributed by atoms with van der Waals surface area (Å²) in [5.41, 5.74) is 0. The minimum Gasteiger partial charge on any atom is -0.0654 e. The van der Waals surface area contributed by atoms with Crippen LogP contribution in [0.1, 0.15) is 163 Å². The fourth-order valence-electron chi connectivity index (χ4n) is 4.57. The normalized spacial score (nSPS) is 12.8. The van der Waals surface area contributed by atoms with Crippen LogP contribution in [0.15, 0.2) is 0 Å². The lowest BCUT2D eigenvalue weighted by molar-refractivity contribution is 0.366. The Morgan fingerprint density at radius 1 is 0.357 bits per heavy atom. The number of hydrogen-bond donors (Lipinski definition) is 0. The van der Waals surface area contributed by atoms with Gasteiger partial charge in [-0.25, -0.2) is 0 Å². The molecular formula is C28H57. The Morgan fingerprint density at radius 2 is 0.607 bits per heavy atom. The molecule has 28 heavy (non-hydrogen) atoms. The maximum absolute atomic E-state index is 2.86. The second kappa shape index (κ2) is 23.3. The van der Waals surface area contributed by atoms with Crippen LogP contribution in [0, 0.1) is 18.3 Å². The molecule has 1 unspecified atom stereocenters. The molecule has 1 radical (unpaired) electrons. The summed E-state index contributed by atoms with van der Waals surface area (Å²) in [6.45, 7) is 9.33. The maximum Gasteiger partial charge on any atom is -0.0324 e. The van der Waals surface area contributed by atoms with E-state index in [1.807, 2.05) is 0 Å². The Morgan fingerprint density at radius 3 is 1.00 bits per heavy atom. The van der Waals surface area contributed by atoms with Crippen LogP contribution in [0.25, 0.3) is 0 Å². The predicted octanol–water partition coefficient (Wildman–Crippen LogP) is 10.7. The highest BCUT2D eigenvalue weighted by Crippen LogP contribution is 2.30. The molecular weight excluding hydrogens is 336 g/mol. The van der Waals surface area contributed by atoms with Crippen LogP contribution in [0.3, 0.4) is 0 Å². The molecule has 0 aromatic carbocycles. The Kier molecular flexibility index (Phi) is 23.3. The van der Waals surface area contributed by atoms with Crippen molar-refractivity contribution in [2.45, 2.75) is 163 Å². The third kappa shape index (κ3) is 19.3. The van der Waals surface area contributed by atoms with Crippen molar-refractivity contribution in [3.05, 3.63) is 6.42 Å². The largest absolute Gasteiger partial charge is 0.0654 e. The first-order valence-electron chi connectivity index (χ1n) is 13.6. The van der Waals surface area contributed by atoms with Crippen molar-refractivity contribution in [3.63, 3.8) is 0 Å². The maximum atomic E-state index is 2.86. The van der Waals surface area contributed by atoms with Crippen LogP contribution in [0.2, 0.25) is 0 Å². The Labute approximate surface area is 181 Å². The molecule has 0 aliphatic carbocycles. The fourth-order valence-corrected chi connectivity index (χ4v) is 4.57. The van der Waals surface area contributed by atoms with Crippen molar-refractivity contribution < 1.29 is 0 Å². The minimum absolute atomic E-state index is 0.903. The fraction of sp³-hybridized carbons (Fsp3) is 0.964. The molecule has 0 aromatic rings. The molecule has 0 amide bonds. The first-order valence-corrected chi connectivity index (χ1v) is 13.6. The summed E-state index contributed by atoms with van der Waals surface area (Å²) < 4.78 is 0. The van der Waals surface area contributed by atoms with Gasteiger partial charge in [-0.15, -0.1) is 0 Å². The average molecular weight is 394 g/mol. The summed E-state index contributed by atoms with van der Waals surface area (Å²) in [4.78, 5) is 0. The molecule has 169 valence electrons. The second-order valence-electron chi connectivity index (χ2n) is 9.46. The average Bonchev–Trinajstić information content (AvgIpc) is 2.70. The third-order valence-corrected chi connectivity index (χ3v) is 6.51. The van der Waals surface area contributed by atoms with E-state index in [1.165, 1.54) is 135 Å². The summed E-state index contributed by atoms with van der Waals surface area (Å²) in [6.07, 6.45) is 33.0. The zero-order valence-corrected chi connectivity index (χ0v) is 20.6. The van der Waals surface area contributed by atoms with Crippen LogP contribution in [-0.4, -0.2) is 0 Å². The summed E-state index contributed by atoms with van der Waals surface area (Å²) in [5, 5.41) is 0. The molecule has 0 heteroatoms. The van der Waals surface area contributed by atoms with Gasteiger partial charge in [0.1, 0.15) is 0 Å². The molecule has 0 heterocycles. The molecule has 0 aliphatic rings. The topological polar surface area (TPSA) is 0 Å². The monoisotopic (exact) mass is 393 g/mol. The van der Waals surface area contributed by atoms with Gasteiger partial charge in [-0.3, -0.25) is 0 Å². The number of rotatable bonds is 23. The van der Waals surface area contributed by atoms with Crippen molar-refractivity contribution in [2.24, 2.45) is 11.8 Å². The van der Waals surface area contributed by atoms with Gasteiger partial charge in [0.15, 0.2) is 0 Å². The van der Waals surface area contributed by atoms with Crippen molar-refractivity contribution in [2.75, 3.05) is 0 Å². The molecule has 1 atom stereocenters. The van der Waals surface area contributed by atoms with E-state index in [-0.39, 0.29) is 0 Å². The van der Waals surface area contributed by atoms with Crippen LogP contribution in [0.4, 0.5) is 0 Å². The van der Waals surface area contributed by atoms with E-state index in [0.29, 0.717) is 0 Å². The molecule has 0 saturated heterocycles. The van der Waals surface area contributed by atoms with Crippen molar-refractivity contribution in [1.82, 2.24) is 0 Å². The molecule has 0 N–H and O–H groups in total. The predicted molar refractivity (Wildman–Crippen MR) is 131 cm³/mol. The minimum atomic E-state index is 0.903. The smallest absolute Gasteiger partial charge is 0.0324 e. The quantitative estimate of drug-likeness (QED) is 0.151. The van der Waals surface area contributed by atoms with Gasteiger partial charge in [-0.2, -0.15) is 0 Å². The van der Waals surface area contributed by atoms with Gasteiger partial charge in [-0.05, 0) is 18.3 Å². The Balaban J connectivity index is 4.39. The highest BCUT2D eigenvalue weighted by Gasteiger charge is 2.16. The first-order chi connectivity index (χ1) is 13.8. The zero-order chi connectivity index (χ0) is 20.7. The number of hydrogen-bond acceptors (Lipinski definition) is 0. The van der Waals surface area contributed by atoms with Gasteiger partial charge >= 0.3 is 0 Å². The van der Waals surface area contributed by atoms with E-state index in [1.54, 1.807) is 0 Å². The van der Waals surface area contributed by atoms with Crippen LogP contribution >= 0.6 is 0 Å². The molecule has 0 fully saturated rings. The summed E-state index contributed by atoms with van der Waals surface area (Å²) in [5.74, 6) is 1.81. The van der Waals surface area contributed by atoms with Gasteiger partial charge in [0.25, 0.3) is 0 Å². The van der Waals surface area contributed by atoms with Gasteiger partial charge < -0.3 is 0 Å². The lowest BCUT2D eigenvalue weighted by atomic mass is 9.82. The highest BCUT2D eigenvalue weighted by atomic mass is 14.2. The van der Waals surface area contributed by atoms with E-state index in [0.717, 1.165) is 11.8 Å².